The van der Waals surface area contributed by atoms with E-state index >= 15 is 0 Å². The molecule has 1 aliphatic heterocycles. The number of carbonyl (C=O) groups is 2. The monoisotopic (exact) mass is 433 g/mol. The van der Waals surface area contributed by atoms with Crippen molar-refractivity contribution in [2.24, 2.45) is 0 Å². The Morgan fingerprint density at radius 1 is 1.20 bits per heavy atom. The largest absolute Gasteiger partial charge is 0.491 e. The normalized spacial score (nSPS) is 12.0. The minimum absolute atomic E-state index is 0.141. The predicted molar refractivity (Wildman–Crippen MR) is 110 cm³/mol. The minimum atomic E-state index is -0.680. The van der Waals surface area contributed by atoms with Crippen LogP contribution in [0.1, 0.15) is 12.5 Å². The Morgan fingerprint density at radius 3 is 2.77 bits per heavy atom. The number of halogens is 1. The predicted octanol–water partition coefficient (Wildman–Crippen LogP) is 3.67. The van der Waals surface area contributed by atoms with Crippen molar-refractivity contribution in [2.75, 3.05) is 32.4 Å². The van der Waals surface area contributed by atoms with Crippen LogP contribution in [0.2, 0.25) is 5.02 Å². The first-order valence-electron chi connectivity index (χ1n) is 9.04. The first kappa shape index (κ1) is 21.3. The third-order valence-corrected chi connectivity index (χ3v) is 4.23. The average Bonchev–Trinajstić information content (AvgIpc) is 3.19. The smallest absolute Gasteiger partial charge is 0.331 e. The highest BCUT2D eigenvalue weighted by atomic mass is 35.5. The zero-order valence-electron chi connectivity index (χ0n) is 16.4. The number of ether oxygens (including phenoxy) is 5. The summed E-state index contributed by atoms with van der Waals surface area (Å²) in [6.45, 7) is 1.97. The Morgan fingerprint density at radius 2 is 2.00 bits per heavy atom. The standard InChI is InChI=1S/C21H20ClNO7/c1-3-27-18-9-13(8-15(22)21(18)26-2)4-7-20(25)28-11-19(24)23-14-5-6-16-17(10-14)30-12-29-16/h4-10H,3,11-12H2,1-2H3,(H,23,24)/b7-4+. The number of methoxy groups -OCH3 is 1. The maximum atomic E-state index is 12.0. The molecule has 2 aromatic carbocycles. The van der Waals surface area contributed by atoms with Gasteiger partial charge in [-0.05, 0) is 42.8 Å². The first-order valence-corrected chi connectivity index (χ1v) is 9.42. The van der Waals surface area contributed by atoms with Gasteiger partial charge in [-0.3, -0.25) is 4.79 Å². The molecule has 1 heterocycles. The van der Waals surface area contributed by atoms with Gasteiger partial charge in [0.1, 0.15) is 0 Å². The van der Waals surface area contributed by atoms with Crippen LogP contribution in [0.3, 0.4) is 0 Å². The molecule has 9 heteroatoms. The van der Waals surface area contributed by atoms with E-state index in [1.54, 1.807) is 30.3 Å². The quantitative estimate of drug-likeness (QED) is 0.501. The number of hydrogen-bond acceptors (Lipinski definition) is 7. The summed E-state index contributed by atoms with van der Waals surface area (Å²) in [6, 6.07) is 8.29. The number of hydrogen-bond donors (Lipinski definition) is 1. The van der Waals surface area contributed by atoms with Crippen LogP contribution in [0.25, 0.3) is 6.08 Å². The molecule has 0 aromatic heterocycles. The second-order valence-corrected chi connectivity index (χ2v) is 6.43. The van der Waals surface area contributed by atoms with Crippen LogP contribution < -0.4 is 24.3 Å². The second-order valence-electron chi connectivity index (χ2n) is 6.02. The number of carbonyl (C=O) groups excluding carboxylic acids is 2. The van der Waals surface area contributed by atoms with E-state index in [2.05, 4.69) is 5.32 Å². The van der Waals surface area contributed by atoms with Crippen molar-refractivity contribution < 1.29 is 33.3 Å². The van der Waals surface area contributed by atoms with Crippen molar-refractivity contribution >= 4 is 35.2 Å². The molecule has 1 N–H and O–H groups in total. The summed E-state index contributed by atoms with van der Waals surface area (Å²) in [7, 11) is 1.49. The van der Waals surface area contributed by atoms with Gasteiger partial charge in [0.05, 0.1) is 18.7 Å². The summed E-state index contributed by atoms with van der Waals surface area (Å²) >= 11 is 6.18. The number of fused-ring (bicyclic) bond motifs is 1. The van der Waals surface area contributed by atoms with Crippen LogP contribution >= 0.6 is 11.6 Å². The molecule has 1 amide bonds. The van der Waals surface area contributed by atoms with Crippen LogP contribution in [0.4, 0.5) is 5.69 Å². The van der Waals surface area contributed by atoms with E-state index in [0.717, 1.165) is 0 Å². The molecule has 0 bridgehead atoms. The molecule has 1 aliphatic rings. The van der Waals surface area contributed by atoms with Crippen LogP contribution in [0, 0.1) is 0 Å². The van der Waals surface area contributed by atoms with E-state index in [1.165, 1.54) is 19.3 Å². The van der Waals surface area contributed by atoms with Gasteiger partial charge in [-0.25, -0.2) is 4.79 Å². The number of rotatable bonds is 8. The second kappa shape index (κ2) is 9.89. The first-order chi connectivity index (χ1) is 14.5. The lowest BCUT2D eigenvalue weighted by Crippen LogP contribution is -2.20. The molecule has 0 aliphatic carbocycles. The molecule has 0 spiro atoms. The van der Waals surface area contributed by atoms with E-state index < -0.39 is 18.5 Å². The highest BCUT2D eigenvalue weighted by Crippen LogP contribution is 2.37. The average molecular weight is 434 g/mol. The van der Waals surface area contributed by atoms with Crippen LogP contribution in [-0.2, 0) is 14.3 Å². The van der Waals surface area contributed by atoms with E-state index in [9.17, 15) is 9.59 Å². The molecule has 0 unspecified atom stereocenters. The Bertz CT molecular complexity index is 974. The van der Waals surface area contributed by atoms with E-state index in [0.29, 0.717) is 45.9 Å². The fourth-order valence-electron chi connectivity index (χ4n) is 2.67. The number of amides is 1. The summed E-state index contributed by atoms with van der Waals surface area (Å²) in [5, 5.41) is 2.97. The van der Waals surface area contributed by atoms with E-state index in [1.807, 2.05) is 6.92 Å². The van der Waals surface area contributed by atoms with Gasteiger partial charge in [0.2, 0.25) is 6.79 Å². The molecule has 0 saturated carbocycles. The molecule has 3 rings (SSSR count). The molecule has 0 radical (unpaired) electrons. The molecule has 30 heavy (non-hydrogen) atoms. The molecular weight excluding hydrogens is 414 g/mol. The van der Waals surface area contributed by atoms with Crippen molar-refractivity contribution in [3.63, 3.8) is 0 Å². The van der Waals surface area contributed by atoms with Crippen molar-refractivity contribution in [1.82, 2.24) is 0 Å². The fourth-order valence-corrected chi connectivity index (χ4v) is 2.96. The van der Waals surface area contributed by atoms with Gasteiger partial charge in [-0.2, -0.15) is 0 Å². The molecule has 0 fully saturated rings. The molecule has 0 saturated heterocycles. The minimum Gasteiger partial charge on any atom is -0.491 e. The van der Waals surface area contributed by atoms with Crippen molar-refractivity contribution in [3.8, 4) is 23.0 Å². The molecule has 158 valence electrons. The number of benzene rings is 2. The number of anilines is 1. The summed E-state index contributed by atoms with van der Waals surface area (Å²) in [4.78, 5) is 23.9. The zero-order chi connectivity index (χ0) is 21.5. The lowest BCUT2D eigenvalue weighted by Gasteiger charge is -2.11. The Labute approximate surface area is 178 Å². The van der Waals surface area contributed by atoms with Crippen LogP contribution in [0.5, 0.6) is 23.0 Å². The third-order valence-electron chi connectivity index (χ3n) is 3.95. The van der Waals surface area contributed by atoms with E-state index in [4.69, 9.17) is 35.3 Å². The SMILES string of the molecule is CCOc1cc(/C=C/C(=O)OCC(=O)Nc2ccc3c(c2)OCO3)cc(Cl)c1OC. The van der Waals surface area contributed by atoms with Gasteiger partial charge in [0.25, 0.3) is 5.91 Å². The zero-order valence-corrected chi connectivity index (χ0v) is 17.2. The third kappa shape index (κ3) is 5.36. The van der Waals surface area contributed by atoms with Gasteiger partial charge in [-0.1, -0.05) is 11.6 Å². The molecular formula is C21H20ClNO7. The van der Waals surface area contributed by atoms with Gasteiger partial charge in [-0.15, -0.1) is 0 Å². The topological polar surface area (TPSA) is 92.3 Å². The van der Waals surface area contributed by atoms with Crippen molar-refractivity contribution in [1.29, 1.82) is 0 Å². The summed E-state index contributed by atoms with van der Waals surface area (Å²) < 4.78 is 26.1. The number of nitrogens with one attached hydrogen (secondary N) is 1. The lowest BCUT2D eigenvalue weighted by atomic mass is 10.2. The van der Waals surface area contributed by atoms with Gasteiger partial charge in [0, 0.05) is 17.8 Å². The lowest BCUT2D eigenvalue weighted by molar-refractivity contribution is -0.142. The highest BCUT2D eigenvalue weighted by molar-refractivity contribution is 6.32. The number of esters is 1. The van der Waals surface area contributed by atoms with E-state index in [-0.39, 0.29) is 6.79 Å². The Balaban J connectivity index is 1.54. The maximum Gasteiger partial charge on any atom is 0.331 e. The van der Waals surface area contributed by atoms with Gasteiger partial charge in [0.15, 0.2) is 29.6 Å². The molecule has 2 aromatic rings. The van der Waals surface area contributed by atoms with Crippen molar-refractivity contribution in [2.45, 2.75) is 6.92 Å². The summed E-state index contributed by atoms with van der Waals surface area (Å²) in [5.41, 5.74) is 1.12. The van der Waals surface area contributed by atoms with Crippen LogP contribution in [0.15, 0.2) is 36.4 Å². The summed E-state index contributed by atoms with van der Waals surface area (Å²) in [6.07, 6.45) is 2.70. The fraction of sp³-hybridized carbons (Fsp3) is 0.238. The van der Waals surface area contributed by atoms with Gasteiger partial charge >= 0.3 is 5.97 Å². The molecule has 0 atom stereocenters. The van der Waals surface area contributed by atoms with Crippen LogP contribution in [-0.4, -0.2) is 39.0 Å². The Kier molecular flexibility index (Phi) is 7.03. The molecule has 8 nitrogen and oxygen atoms in total. The Hall–Kier alpha value is -3.39. The van der Waals surface area contributed by atoms with Gasteiger partial charge < -0.3 is 29.0 Å². The maximum absolute atomic E-state index is 12.0. The highest BCUT2D eigenvalue weighted by Gasteiger charge is 2.15. The summed E-state index contributed by atoms with van der Waals surface area (Å²) in [5.74, 6) is 0.859. The van der Waals surface area contributed by atoms with Crippen molar-refractivity contribution in [3.05, 3.63) is 47.0 Å².